The van der Waals surface area contributed by atoms with Gasteiger partial charge in [0.1, 0.15) is 0 Å². The molecule has 2 N–H and O–H groups in total. The highest BCUT2D eigenvalue weighted by Crippen LogP contribution is 2.43. The van der Waals surface area contributed by atoms with E-state index < -0.39 is 12.7 Å². The van der Waals surface area contributed by atoms with Crippen LogP contribution in [-0.2, 0) is 9.53 Å². The fraction of sp³-hybridized carbons (Fsp3) is 0.704. The second-order valence-electron chi connectivity index (χ2n) is 10.4. The summed E-state index contributed by atoms with van der Waals surface area (Å²) in [5.74, 6) is 0.285. The Morgan fingerprint density at radius 1 is 1.12 bits per heavy atom. The molecule has 2 heterocycles. The number of aliphatic hydroxyl groups is 2. The van der Waals surface area contributed by atoms with Crippen LogP contribution < -0.4 is 0 Å². The molecule has 2 bridgehead atoms. The first kappa shape index (κ1) is 25.1. The summed E-state index contributed by atoms with van der Waals surface area (Å²) in [5, 5.41) is 19.4. The van der Waals surface area contributed by atoms with Crippen LogP contribution in [0.15, 0.2) is 24.3 Å². The molecule has 188 valence electrons. The van der Waals surface area contributed by atoms with E-state index in [1.807, 2.05) is 17.0 Å². The first-order valence-corrected chi connectivity index (χ1v) is 13.0. The van der Waals surface area contributed by atoms with E-state index >= 15 is 0 Å². The standard InChI is InChI=1S/C27H40N2O5/c1-34-27(33)21-9-5-8-20(14-21)22-15-23-10-11-24(16-22)29(23)13-12-28(26(32)25(31)18-30)17-19-6-3-2-4-7-19/h5,8-9,14,19,22-25,30-31H,2-4,6-7,10-13,15-18H2,1H3/t22?,23?,24?,25-/m0/s1. The summed E-state index contributed by atoms with van der Waals surface area (Å²) < 4.78 is 4.89. The van der Waals surface area contributed by atoms with Crippen molar-refractivity contribution in [3.05, 3.63) is 35.4 Å². The molecule has 7 nitrogen and oxygen atoms in total. The molecule has 34 heavy (non-hydrogen) atoms. The van der Waals surface area contributed by atoms with E-state index in [2.05, 4.69) is 11.0 Å². The molecule has 0 aromatic heterocycles. The number of fused-ring (bicyclic) bond motifs is 2. The summed E-state index contributed by atoms with van der Waals surface area (Å²) in [5.41, 5.74) is 1.81. The molecule has 0 radical (unpaired) electrons. The minimum Gasteiger partial charge on any atom is -0.465 e. The molecule has 7 heteroatoms. The van der Waals surface area contributed by atoms with Gasteiger partial charge in [-0.05, 0) is 68.1 Å². The molecular weight excluding hydrogens is 432 g/mol. The van der Waals surface area contributed by atoms with Crippen molar-refractivity contribution < 1.29 is 24.5 Å². The lowest BCUT2D eigenvalue weighted by molar-refractivity contribution is -0.143. The summed E-state index contributed by atoms with van der Waals surface area (Å²) in [4.78, 5) is 29.1. The van der Waals surface area contributed by atoms with Crippen LogP contribution in [0.3, 0.4) is 0 Å². The van der Waals surface area contributed by atoms with Crippen molar-refractivity contribution in [2.24, 2.45) is 5.92 Å². The number of ether oxygens (including phenoxy) is 1. The van der Waals surface area contributed by atoms with Crippen LogP contribution in [0.25, 0.3) is 0 Å². The molecule has 2 saturated heterocycles. The van der Waals surface area contributed by atoms with Gasteiger partial charge in [-0.15, -0.1) is 0 Å². The number of carbonyl (C=O) groups excluding carboxylic acids is 2. The van der Waals surface area contributed by atoms with Gasteiger partial charge in [-0.2, -0.15) is 0 Å². The molecule has 1 aromatic rings. The second-order valence-corrected chi connectivity index (χ2v) is 10.4. The van der Waals surface area contributed by atoms with E-state index in [-0.39, 0.29) is 11.9 Å². The van der Waals surface area contributed by atoms with Crippen molar-refractivity contribution in [1.82, 2.24) is 9.80 Å². The summed E-state index contributed by atoms with van der Waals surface area (Å²) in [6, 6.07) is 8.79. The quantitative estimate of drug-likeness (QED) is 0.537. The lowest BCUT2D eigenvalue weighted by Gasteiger charge is -2.40. The predicted molar refractivity (Wildman–Crippen MR) is 130 cm³/mol. The zero-order chi connectivity index (χ0) is 24.1. The Labute approximate surface area is 203 Å². The average molecular weight is 473 g/mol. The van der Waals surface area contributed by atoms with Crippen molar-refractivity contribution in [3.8, 4) is 0 Å². The zero-order valence-corrected chi connectivity index (χ0v) is 20.4. The van der Waals surface area contributed by atoms with Gasteiger partial charge in [0.25, 0.3) is 5.91 Å². The van der Waals surface area contributed by atoms with Gasteiger partial charge in [-0.25, -0.2) is 4.79 Å². The number of hydrogen-bond acceptors (Lipinski definition) is 6. The van der Waals surface area contributed by atoms with Gasteiger partial charge < -0.3 is 19.8 Å². The minimum atomic E-state index is -1.33. The smallest absolute Gasteiger partial charge is 0.337 e. The highest BCUT2D eigenvalue weighted by atomic mass is 16.5. The highest BCUT2D eigenvalue weighted by molar-refractivity contribution is 5.89. The van der Waals surface area contributed by atoms with E-state index in [9.17, 15) is 19.8 Å². The first-order valence-electron chi connectivity index (χ1n) is 13.0. The fourth-order valence-electron chi connectivity index (χ4n) is 6.45. The minimum absolute atomic E-state index is 0.296. The Morgan fingerprint density at radius 3 is 2.47 bits per heavy atom. The maximum Gasteiger partial charge on any atom is 0.337 e. The number of piperidine rings is 1. The Morgan fingerprint density at radius 2 is 1.82 bits per heavy atom. The van der Waals surface area contributed by atoms with Crippen LogP contribution in [0, 0.1) is 5.92 Å². The number of aliphatic hydroxyl groups excluding tert-OH is 2. The molecule has 3 aliphatic rings. The zero-order valence-electron chi connectivity index (χ0n) is 20.4. The molecule has 1 aromatic carbocycles. The number of esters is 1. The number of rotatable bonds is 9. The number of benzene rings is 1. The third-order valence-electron chi connectivity index (χ3n) is 8.26. The van der Waals surface area contributed by atoms with Crippen LogP contribution in [-0.4, -0.2) is 83.4 Å². The van der Waals surface area contributed by atoms with Crippen molar-refractivity contribution in [3.63, 3.8) is 0 Å². The second kappa shape index (κ2) is 11.6. The summed E-state index contributed by atoms with van der Waals surface area (Å²) in [6.45, 7) is 1.56. The Hall–Kier alpha value is -1.96. The van der Waals surface area contributed by atoms with Crippen molar-refractivity contribution in [1.29, 1.82) is 0 Å². The first-order chi connectivity index (χ1) is 16.5. The Balaban J connectivity index is 1.38. The topological polar surface area (TPSA) is 90.3 Å². The number of methoxy groups -OCH3 is 1. The monoisotopic (exact) mass is 472 g/mol. The van der Waals surface area contributed by atoms with Crippen molar-refractivity contribution in [2.75, 3.05) is 33.4 Å². The van der Waals surface area contributed by atoms with Crippen LogP contribution >= 0.6 is 0 Å². The third kappa shape index (κ3) is 5.81. The molecule has 0 spiro atoms. The SMILES string of the molecule is COC(=O)c1cccc(C2CC3CCC(C2)N3CCN(CC2CCCCC2)C(=O)[C@@H](O)CO)c1. The molecule has 1 amide bonds. The largest absolute Gasteiger partial charge is 0.465 e. The lowest BCUT2D eigenvalue weighted by Crippen LogP contribution is -2.50. The molecule has 3 atom stereocenters. The van der Waals surface area contributed by atoms with E-state index in [1.165, 1.54) is 31.9 Å². The Bertz CT molecular complexity index is 826. The van der Waals surface area contributed by atoms with Crippen LogP contribution in [0.5, 0.6) is 0 Å². The van der Waals surface area contributed by atoms with Crippen LogP contribution in [0.1, 0.15) is 79.6 Å². The van der Waals surface area contributed by atoms with Gasteiger partial charge in [0, 0.05) is 31.7 Å². The van der Waals surface area contributed by atoms with Gasteiger partial charge in [-0.1, -0.05) is 31.4 Å². The number of amides is 1. The van der Waals surface area contributed by atoms with Gasteiger partial charge in [0.2, 0.25) is 0 Å². The van der Waals surface area contributed by atoms with Crippen LogP contribution in [0.2, 0.25) is 0 Å². The molecule has 1 saturated carbocycles. The van der Waals surface area contributed by atoms with Crippen LogP contribution in [0.4, 0.5) is 0 Å². The molecular formula is C27H40N2O5. The highest BCUT2D eigenvalue weighted by Gasteiger charge is 2.41. The number of carbonyl (C=O) groups is 2. The summed E-state index contributed by atoms with van der Waals surface area (Å²) in [7, 11) is 1.41. The normalized spacial score (nSPS) is 26.3. The van der Waals surface area contributed by atoms with Crippen molar-refractivity contribution in [2.45, 2.75) is 81.9 Å². The van der Waals surface area contributed by atoms with E-state index in [0.29, 0.717) is 42.6 Å². The number of hydrogen-bond donors (Lipinski definition) is 2. The average Bonchev–Trinajstić information content (AvgIpc) is 3.11. The third-order valence-corrected chi connectivity index (χ3v) is 8.26. The maximum atomic E-state index is 12.8. The van der Waals surface area contributed by atoms with Gasteiger partial charge in [0.15, 0.2) is 6.10 Å². The Kier molecular flexibility index (Phi) is 8.61. The molecule has 4 rings (SSSR count). The molecule has 2 unspecified atom stereocenters. The summed E-state index contributed by atoms with van der Waals surface area (Å²) in [6.07, 6.45) is 9.07. The van der Waals surface area contributed by atoms with Crippen molar-refractivity contribution >= 4 is 11.9 Å². The maximum absolute atomic E-state index is 12.8. The van der Waals surface area contributed by atoms with Gasteiger partial charge >= 0.3 is 5.97 Å². The van der Waals surface area contributed by atoms with E-state index in [4.69, 9.17) is 4.74 Å². The van der Waals surface area contributed by atoms with E-state index in [1.54, 1.807) is 6.07 Å². The fourth-order valence-corrected chi connectivity index (χ4v) is 6.45. The van der Waals surface area contributed by atoms with E-state index in [0.717, 1.165) is 45.1 Å². The molecule has 3 fully saturated rings. The lowest BCUT2D eigenvalue weighted by atomic mass is 9.84. The molecule has 2 aliphatic heterocycles. The predicted octanol–water partition coefficient (Wildman–Crippen LogP) is 2.95. The van der Waals surface area contributed by atoms with Gasteiger partial charge in [-0.3, -0.25) is 9.69 Å². The summed E-state index contributed by atoms with van der Waals surface area (Å²) >= 11 is 0. The van der Waals surface area contributed by atoms with Gasteiger partial charge in [0.05, 0.1) is 19.3 Å². The molecule has 1 aliphatic carbocycles. The number of nitrogens with zero attached hydrogens (tertiary/aromatic N) is 2.